The van der Waals surface area contributed by atoms with Crippen LogP contribution in [0.5, 0.6) is 0 Å². The fraction of sp³-hybridized carbons (Fsp3) is 0. The molecule has 0 aliphatic carbocycles. The number of para-hydroxylation sites is 1. The van der Waals surface area contributed by atoms with Crippen molar-refractivity contribution in [1.82, 2.24) is 9.78 Å². The molecule has 0 unspecified atom stereocenters. The van der Waals surface area contributed by atoms with Gasteiger partial charge in [0.1, 0.15) is 5.69 Å². The summed E-state index contributed by atoms with van der Waals surface area (Å²) in [6.07, 6.45) is 1.29. The van der Waals surface area contributed by atoms with Crippen LogP contribution in [-0.4, -0.2) is 9.78 Å². The minimum absolute atomic E-state index is 0.0591. The number of nitrogens with two attached hydrogens (primary N) is 1. The fourth-order valence-electron chi connectivity index (χ4n) is 1.10. The van der Waals surface area contributed by atoms with E-state index in [1.54, 1.807) is 12.1 Å². The van der Waals surface area contributed by atoms with Crippen LogP contribution >= 0.6 is 0 Å². The molecule has 0 saturated heterocycles. The van der Waals surface area contributed by atoms with Gasteiger partial charge in [-0.1, -0.05) is 18.2 Å². The molecule has 2 N–H and O–H groups in total. The minimum atomic E-state index is -0.522. The van der Waals surface area contributed by atoms with Crippen LogP contribution in [0.2, 0.25) is 0 Å². The van der Waals surface area contributed by atoms with Crippen LogP contribution in [0.15, 0.2) is 36.5 Å². The van der Waals surface area contributed by atoms with Crippen molar-refractivity contribution < 1.29 is 4.39 Å². The van der Waals surface area contributed by atoms with Crippen LogP contribution in [0.3, 0.4) is 0 Å². The maximum absolute atomic E-state index is 13.2. The zero-order chi connectivity index (χ0) is 9.26. The van der Waals surface area contributed by atoms with Crippen molar-refractivity contribution in [2.75, 3.05) is 5.73 Å². The van der Waals surface area contributed by atoms with Gasteiger partial charge in [-0.15, -0.1) is 0 Å². The number of aromatic nitrogens is 2. The van der Waals surface area contributed by atoms with E-state index in [-0.39, 0.29) is 5.69 Å². The second kappa shape index (κ2) is 2.90. The smallest absolute Gasteiger partial charge is 0.239 e. The normalized spacial score (nSPS) is 10.2. The summed E-state index contributed by atoms with van der Waals surface area (Å²) in [5, 5.41) is 3.80. The average molecular weight is 177 g/mol. The Bertz CT molecular complexity index is 408. The summed E-state index contributed by atoms with van der Waals surface area (Å²) >= 11 is 0. The largest absolute Gasteiger partial charge is 0.394 e. The number of hydrogen-bond donors (Lipinski definition) is 1. The van der Waals surface area contributed by atoms with E-state index in [4.69, 9.17) is 5.73 Å². The minimum Gasteiger partial charge on any atom is -0.394 e. The molecule has 0 bridgehead atoms. The Morgan fingerprint density at radius 2 is 1.92 bits per heavy atom. The second-order valence-electron chi connectivity index (χ2n) is 2.64. The second-order valence-corrected chi connectivity index (χ2v) is 2.64. The van der Waals surface area contributed by atoms with Gasteiger partial charge in [-0.25, -0.2) is 4.68 Å². The Balaban J connectivity index is 2.53. The lowest BCUT2D eigenvalue weighted by Gasteiger charge is -2.00. The first-order valence-corrected chi connectivity index (χ1v) is 3.83. The summed E-state index contributed by atoms with van der Waals surface area (Å²) in [7, 11) is 0. The third kappa shape index (κ3) is 1.26. The molecule has 66 valence electrons. The van der Waals surface area contributed by atoms with Crippen molar-refractivity contribution in [1.29, 1.82) is 0 Å². The predicted molar refractivity (Wildman–Crippen MR) is 47.9 cm³/mol. The molecule has 1 heterocycles. The molecule has 0 aliphatic heterocycles. The van der Waals surface area contributed by atoms with Crippen molar-refractivity contribution >= 4 is 5.69 Å². The summed E-state index contributed by atoms with van der Waals surface area (Å²) < 4.78 is 14.4. The lowest BCUT2D eigenvalue weighted by atomic mass is 10.3. The molecule has 0 saturated carbocycles. The van der Waals surface area contributed by atoms with Crippen LogP contribution in [-0.2, 0) is 0 Å². The van der Waals surface area contributed by atoms with Gasteiger partial charge in [-0.05, 0) is 12.1 Å². The summed E-state index contributed by atoms with van der Waals surface area (Å²) in [6, 6.07) is 9.00. The molecule has 2 rings (SSSR count). The Morgan fingerprint density at radius 3 is 2.46 bits per heavy atom. The summed E-state index contributed by atoms with van der Waals surface area (Å²) in [5.41, 5.74) is 6.04. The van der Waals surface area contributed by atoms with Crippen molar-refractivity contribution in [3.05, 3.63) is 42.5 Å². The molecule has 1 aromatic carbocycles. The highest BCUT2D eigenvalue weighted by Crippen LogP contribution is 2.13. The first kappa shape index (κ1) is 7.79. The Hall–Kier alpha value is -1.84. The lowest BCUT2D eigenvalue weighted by Crippen LogP contribution is -1.99. The molecule has 0 radical (unpaired) electrons. The average Bonchev–Trinajstić information content (AvgIpc) is 2.49. The van der Waals surface area contributed by atoms with Crippen LogP contribution < -0.4 is 5.73 Å². The van der Waals surface area contributed by atoms with Gasteiger partial charge in [-0.2, -0.15) is 9.49 Å². The van der Waals surface area contributed by atoms with Gasteiger partial charge in [0.25, 0.3) is 0 Å². The summed E-state index contributed by atoms with van der Waals surface area (Å²) in [5.74, 6) is -0.522. The van der Waals surface area contributed by atoms with Crippen LogP contribution in [0.4, 0.5) is 10.1 Å². The van der Waals surface area contributed by atoms with Crippen LogP contribution in [0, 0.1) is 5.95 Å². The zero-order valence-electron chi connectivity index (χ0n) is 6.81. The van der Waals surface area contributed by atoms with Gasteiger partial charge >= 0.3 is 0 Å². The lowest BCUT2D eigenvalue weighted by molar-refractivity contribution is 0.540. The third-order valence-corrected chi connectivity index (χ3v) is 1.74. The number of rotatable bonds is 1. The molecule has 4 heteroatoms. The maximum Gasteiger partial charge on any atom is 0.239 e. The van der Waals surface area contributed by atoms with Gasteiger partial charge in [0, 0.05) is 0 Å². The molecule has 0 amide bonds. The Morgan fingerprint density at radius 1 is 1.23 bits per heavy atom. The first-order valence-electron chi connectivity index (χ1n) is 3.83. The maximum atomic E-state index is 13.2. The Labute approximate surface area is 74.6 Å². The number of hydrogen-bond acceptors (Lipinski definition) is 2. The molecule has 1 aromatic heterocycles. The van der Waals surface area contributed by atoms with Crippen LogP contribution in [0.25, 0.3) is 5.69 Å². The van der Waals surface area contributed by atoms with Gasteiger partial charge in [0.05, 0.1) is 11.9 Å². The highest BCUT2D eigenvalue weighted by atomic mass is 19.1. The monoisotopic (exact) mass is 177 g/mol. The quantitative estimate of drug-likeness (QED) is 0.718. The van der Waals surface area contributed by atoms with Gasteiger partial charge in [0.2, 0.25) is 5.95 Å². The number of halogens is 1. The van der Waals surface area contributed by atoms with Crippen molar-refractivity contribution in [3.63, 3.8) is 0 Å². The molecule has 0 aliphatic rings. The summed E-state index contributed by atoms with van der Waals surface area (Å²) in [4.78, 5) is 0. The van der Waals surface area contributed by atoms with E-state index in [1.807, 2.05) is 18.2 Å². The van der Waals surface area contributed by atoms with E-state index in [0.29, 0.717) is 5.69 Å². The van der Waals surface area contributed by atoms with Gasteiger partial charge in [-0.3, -0.25) is 0 Å². The molecule has 3 nitrogen and oxygen atoms in total. The van der Waals surface area contributed by atoms with Crippen molar-refractivity contribution in [2.45, 2.75) is 0 Å². The van der Waals surface area contributed by atoms with E-state index in [9.17, 15) is 4.39 Å². The SMILES string of the molecule is Nc1cnn(-c2ccccc2)c1F. The highest BCUT2D eigenvalue weighted by Gasteiger charge is 2.07. The molecule has 0 atom stereocenters. The van der Waals surface area contributed by atoms with Crippen molar-refractivity contribution in [3.8, 4) is 5.69 Å². The number of nitrogen functional groups attached to an aromatic ring is 1. The fourth-order valence-corrected chi connectivity index (χ4v) is 1.10. The highest BCUT2D eigenvalue weighted by molar-refractivity contribution is 5.39. The van der Waals surface area contributed by atoms with Crippen LogP contribution in [0.1, 0.15) is 0 Å². The number of anilines is 1. The first-order chi connectivity index (χ1) is 6.29. The molecule has 0 fully saturated rings. The van der Waals surface area contributed by atoms with Gasteiger partial charge < -0.3 is 5.73 Å². The van der Waals surface area contributed by atoms with Gasteiger partial charge in [0.15, 0.2) is 0 Å². The van der Waals surface area contributed by atoms with E-state index in [0.717, 1.165) is 4.68 Å². The van der Waals surface area contributed by atoms with E-state index >= 15 is 0 Å². The molecular formula is C9H8FN3. The van der Waals surface area contributed by atoms with Crippen molar-refractivity contribution in [2.24, 2.45) is 0 Å². The molecular weight excluding hydrogens is 169 g/mol. The number of benzene rings is 1. The topological polar surface area (TPSA) is 43.8 Å². The zero-order valence-corrected chi connectivity index (χ0v) is 6.81. The standard InChI is InChI=1S/C9H8FN3/c10-9-8(11)6-12-13(9)7-4-2-1-3-5-7/h1-6H,11H2. The molecule has 2 aromatic rings. The molecule has 0 spiro atoms. The molecule has 13 heavy (non-hydrogen) atoms. The summed E-state index contributed by atoms with van der Waals surface area (Å²) in [6.45, 7) is 0. The van der Waals surface area contributed by atoms with E-state index in [1.165, 1.54) is 6.20 Å². The Kier molecular flexibility index (Phi) is 1.73. The predicted octanol–water partition coefficient (Wildman–Crippen LogP) is 1.59. The van der Waals surface area contributed by atoms with E-state index in [2.05, 4.69) is 5.10 Å². The van der Waals surface area contributed by atoms with E-state index < -0.39 is 5.95 Å². The third-order valence-electron chi connectivity index (χ3n) is 1.74. The number of nitrogens with zero attached hydrogens (tertiary/aromatic N) is 2.